The summed E-state index contributed by atoms with van der Waals surface area (Å²) in [5.74, 6) is 1.02. The number of likely N-dealkylation sites (tertiary alicyclic amines) is 2. The van der Waals surface area contributed by atoms with Crippen LogP contribution >= 0.6 is 0 Å². The summed E-state index contributed by atoms with van der Waals surface area (Å²) in [4.78, 5) is 41.9. The van der Waals surface area contributed by atoms with Crippen molar-refractivity contribution >= 4 is 23.4 Å². The number of hydrogen-bond acceptors (Lipinski definition) is 6. The highest BCUT2D eigenvalue weighted by molar-refractivity contribution is 5.92. The number of hydrogen-bond donors (Lipinski definition) is 2. The van der Waals surface area contributed by atoms with Crippen molar-refractivity contribution in [1.29, 1.82) is 0 Å². The monoisotopic (exact) mass is 492 g/mol. The molecule has 3 heterocycles. The number of fused-ring (bicyclic) bond motifs is 2. The summed E-state index contributed by atoms with van der Waals surface area (Å²) in [6.45, 7) is 5.84. The fourth-order valence-corrected chi connectivity index (χ4v) is 5.99. The van der Waals surface area contributed by atoms with Gasteiger partial charge in [0.2, 0.25) is 17.7 Å². The minimum atomic E-state index is -0.631. The van der Waals surface area contributed by atoms with E-state index in [9.17, 15) is 14.4 Å². The molecule has 2 N–H and O–H groups in total. The molecular formula is C27H32N4O5. The predicted molar refractivity (Wildman–Crippen MR) is 134 cm³/mol. The lowest BCUT2D eigenvalue weighted by molar-refractivity contribution is -0.130. The highest BCUT2D eigenvalue weighted by Gasteiger charge is 2.56. The van der Waals surface area contributed by atoms with Gasteiger partial charge in [0, 0.05) is 44.6 Å². The molecule has 36 heavy (non-hydrogen) atoms. The second-order valence-corrected chi connectivity index (χ2v) is 9.85. The molecule has 0 unspecified atom stereocenters. The minimum Gasteiger partial charge on any atom is -0.486 e. The maximum Gasteiger partial charge on any atom is 0.238 e. The lowest BCUT2D eigenvalue weighted by atomic mass is 9.75. The van der Waals surface area contributed by atoms with E-state index >= 15 is 0 Å². The van der Waals surface area contributed by atoms with E-state index in [2.05, 4.69) is 15.5 Å². The zero-order valence-electron chi connectivity index (χ0n) is 20.7. The molecule has 190 valence electrons. The lowest BCUT2D eigenvalue weighted by Crippen LogP contribution is -2.64. The number of rotatable bonds is 5. The zero-order valence-corrected chi connectivity index (χ0v) is 20.7. The molecule has 0 bridgehead atoms. The molecule has 3 atom stereocenters. The van der Waals surface area contributed by atoms with Gasteiger partial charge in [0.05, 0.1) is 18.1 Å². The number of piperidine rings is 1. The van der Waals surface area contributed by atoms with E-state index in [1.54, 1.807) is 25.1 Å². The minimum absolute atomic E-state index is 0.0223. The van der Waals surface area contributed by atoms with Crippen molar-refractivity contribution in [3.8, 4) is 11.5 Å². The molecule has 0 radical (unpaired) electrons. The Balaban J connectivity index is 1.33. The smallest absolute Gasteiger partial charge is 0.238 e. The second kappa shape index (κ2) is 9.81. The second-order valence-electron chi connectivity index (χ2n) is 9.85. The maximum atomic E-state index is 12.9. The van der Waals surface area contributed by atoms with Crippen molar-refractivity contribution in [2.75, 3.05) is 44.7 Å². The van der Waals surface area contributed by atoms with Crippen LogP contribution in [0.4, 0.5) is 5.69 Å². The summed E-state index contributed by atoms with van der Waals surface area (Å²) in [5, 5.41) is 6.14. The highest BCUT2D eigenvalue weighted by Crippen LogP contribution is 2.47. The van der Waals surface area contributed by atoms with E-state index in [0.29, 0.717) is 50.0 Å². The number of carbonyl (C=O) groups excluding carboxylic acids is 3. The molecule has 2 aromatic carbocycles. The molecule has 2 saturated heterocycles. The number of anilines is 1. The van der Waals surface area contributed by atoms with Gasteiger partial charge in [-0.15, -0.1) is 0 Å². The lowest BCUT2D eigenvalue weighted by Gasteiger charge is -2.45. The molecule has 5 rings (SSSR count). The third kappa shape index (κ3) is 4.75. The molecule has 0 aromatic heterocycles. The van der Waals surface area contributed by atoms with E-state index in [0.717, 1.165) is 12.0 Å². The van der Waals surface area contributed by atoms with Crippen molar-refractivity contribution in [3.63, 3.8) is 0 Å². The van der Waals surface area contributed by atoms with Crippen molar-refractivity contribution in [2.24, 2.45) is 5.92 Å². The first kappa shape index (κ1) is 24.1. The molecular weight excluding hydrogens is 460 g/mol. The first-order valence-electron chi connectivity index (χ1n) is 12.4. The standard InChI is InChI=1S/C27H32N4O5/c1-18(32)29-27-16-30(15-25(34)28-21-8-9-23-24(14-21)36-13-12-35-23)11-10-22(27)26(31(17-27)19(2)33)20-6-4-3-5-7-20/h3-9,14,22,26H,10-13,15-17H2,1-2H3,(H,28,34)(H,29,32)/t22-,26-,27-/m1/s1. The van der Waals surface area contributed by atoms with Crippen LogP contribution in [0.25, 0.3) is 0 Å². The Kier molecular flexibility index (Phi) is 6.57. The van der Waals surface area contributed by atoms with Gasteiger partial charge in [-0.25, -0.2) is 0 Å². The van der Waals surface area contributed by atoms with Crippen LogP contribution < -0.4 is 20.1 Å². The summed E-state index contributed by atoms with van der Waals surface area (Å²) in [6, 6.07) is 15.2. The van der Waals surface area contributed by atoms with Crippen molar-refractivity contribution < 1.29 is 23.9 Å². The van der Waals surface area contributed by atoms with E-state index in [-0.39, 0.29) is 36.2 Å². The van der Waals surface area contributed by atoms with Gasteiger partial charge in [0.15, 0.2) is 11.5 Å². The van der Waals surface area contributed by atoms with Gasteiger partial charge in [-0.1, -0.05) is 30.3 Å². The number of carbonyl (C=O) groups is 3. The Hall–Kier alpha value is -3.59. The first-order valence-corrected chi connectivity index (χ1v) is 12.4. The van der Waals surface area contributed by atoms with Crippen LogP contribution in [0.2, 0.25) is 0 Å². The molecule has 2 aromatic rings. The summed E-state index contributed by atoms with van der Waals surface area (Å²) in [6.07, 6.45) is 0.751. The van der Waals surface area contributed by atoms with E-state index < -0.39 is 5.54 Å². The van der Waals surface area contributed by atoms with Gasteiger partial charge >= 0.3 is 0 Å². The molecule has 9 nitrogen and oxygen atoms in total. The summed E-state index contributed by atoms with van der Waals surface area (Å²) in [5.41, 5.74) is 1.08. The molecule has 9 heteroatoms. The van der Waals surface area contributed by atoms with Crippen LogP contribution in [-0.4, -0.2) is 72.5 Å². The van der Waals surface area contributed by atoms with Crippen LogP contribution in [0.5, 0.6) is 11.5 Å². The average Bonchev–Trinajstić information content (AvgIpc) is 3.18. The van der Waals surface area contributed by atoms with Crippen LogP contribution in [0.1, 0.15) is 31.9 Å². The van der Waals surface area contributed by atoms with Crippen LogP contribution in [0.15, 0.2) is 48.5 Å². The van der Waals surface area contributed by atoms with Gasteiger partial charge in [-0.05, 0) is 30.7 Å². The fraction of sp³-hybridized carbons (Fsp3) is 0.444. The number of ether oxygens (including phenoxy) is 2. The largest absolute Gasteiger partial charge is 0.486 e. The third-order valence-electron chi connectivity index (χ3n) is 7.30. The average molecular weight is 493 g/mol. The predicted octanol–water partition coefficient (Wildman–Crippen LogP) is 2.20. The summed E-state index contributed by atoms with van der Waals surface area (Å²) in [7, 11) is 0. The van der Waals surface area contributed by atoms with Crippen LogP contribution in [0.3, 0.4) is 0 Å². The van der Waals surface area contributed by atoms with E-state index in [1.165, 1.54) is 6.92 Å². The Labute approximate surface area is 210 Å². The van der Waals surface area contributed by atoms with Gasteiger partial charge in [-0.3, -0.25) is 19.3 Å². The fourth-order valence-electron chi connectivity index (χ4n) is 5.99. The van der Waals surface area contributed by atoms with Gasteiger partial charge in [-0.2, -0.15) is 0 Å². The summed E-state index contributed by atoms with van der Waals surface area (Å²) < 4.78 is 11.2. The van der Waals surface area contributed by atoms with Crippen molar-refractivity contribution in [3.05, 3.63) is 54.1 Å². The zero-order chi connectivity index (χ0) is 25.3. The Morgan fingerprint density at radius 1 is 1.00 bits per heavy atom. The normalized spacial score (nSPS) is 25.1. The molecule has 3 amide bonds. The number of nitrogens with one attached hydrogen (secondary N) is 2. The van der Waals surface area contributed by atoms with Crippen molar-refractivity contribution in [1.82, 2.24) is 15.1 Å². The molecule has 2 fully saturated rings. The van der Waals surface area contributed by atoms with E-state index in [4.69, 9.17) is 9.47 Å². The molecule has 3 aliphatic rings. The number of amides is 3. The third-order valence-corrected chi connectivity index (χ3v) is 7.30. The topological polar surface area (TPSA) is 100 Å². The van der Waals surface area contributed by atoms with Crippen LogP contribution in [-0.2, 0) is 14.4 Å². The van der Waals surface area contributed by atoms with Crippen molar-refractivity contribution in [2.45, 2.75) is 31.8 Å². The SMILES string of the molecule is CC(=O)N[C@@]12CN(CC(=O)Nc3ccc4c(c3)OCCO4)CC[C@@H]1[C@@H](c1ccccc1)N(C(C)=O)C2. The number of benzene rings is 2. The maximum absolute atomic E-state index is 12.9. The Morgan fingerprint density at radius 3 is 2.47 bits per heavy atom. The van der Waals surface area contributed by atoms with Gasteiger partial charge in [0.1, 0.15) is 13.2 Å². The van der Waals surface area contributed by atoms with Crippen LogP contribution in [0, 0.1) is 5.92 Å². The molecule has 0 spiro atoms. The molecule has 0 aliphatic carbocycles. The highest BCUT2D eigenvalue weighted by atomic mass is 16.6. The number of nitrogens with zero attached hydrogens (tertiary/aromatic N) is 2. The Bertz CT molecular complexity index is 1160. The van der Waals surface area contributed by atoms with Gasteiger partial charge < -0.3 is 25.0 Å². The summed E-state index contributed by atoms with van der Waals surface area (Å²) >= 11 is 0. The molecule has 0 saturated carbocycles. The van der Waals surface area contributed by atoms with Gasteiger partial charge in [0.25, 0.3) is 0 Å². The van der Waals surface area contributed by atoms with E-state index in [1.807, 2.05) is 35.2 Å². The molecule has 3 aliphatic heterocycles. The Morgan fingerprint density at radius 2 is 1.75 bits per heavy atom. The quantitative estimate of drug-likeness (QED) is 0.664. The first-order chi connectivity index (χ1) is 17.3.